The molecule has 0 bridgehead atoms. The Morgan fingerprint density at radius 1 is 1.17 bits per heavy atom. The number of benzene rings is 1. The minimum Gasteiger partial charge on any atom is -0.356 e. The minimum atomic E-state index is -2.95. The van der Waals surface area contributed by atoms with E-state index in [1.165, 1.54) is 10.9 Å². The van der Waals surface area contributed by atoms with Gasteiger partial charge in [0, 0.05) is 44.1 Å². The fourth-order valence-electron chi connectivity index (χ4n) is 2.48. The van der Waals surface area contributed by atoms with Crippen LogP contribution in [-0.2, 0) is 16.4 Å². The number of guanidine groups is 1. The SMILES string of the molecule is CCS(=O)(=O)CCNC(=NC)NCCCn1ccc2ccccc21. The smallest absolute Gasteiger partial charge is 0.191 e. The highest BCUT2D eigenvalue weighted by Crippen LogP contribution is 2.15. The van der Waals surface area contributed by atoms with E-state index in [-0.39, 0.29) is 11.5 Å². The van der Waals surface area contributed by atoms with E-state index in [1.807, 2.05) is 12.1 Å². The van der Waals surface area contributed by atoms with Gasteiger partial charge in [0.25, 0.3) is 0 Å². The van der Waals surface area contributed by atoms with Crippen LogP contribution < -0.4 is 10.6 Å². The summed E-state index contributed by atoms with van der Waals surface area (Å²) in [5.74, 6) is 0.934. The molecule has 0 aliphatic rings. The van der Waals surface area contributed by atoms with Crippen molar-refractivity contribution in [1.82, 2.24) is 15.2 Å². The molecule has 1 aromatic heterocycles. The number of para-hydroxylation sites is 1. The molecule has 7 heteroatoms. The van der Waals surface area contributed by atoms with Gasteiger partial charge in [0.2, 0.25) is 0 Å². The molecule has 0 saturated carbocycles. The van der Waals surface area contributed by atoms with E-state index in [2.05, 4.69) is 44.6 Å². The maximum Gasteiger partial charge on any atom is 0.191 e. The molecule has 0 atom stereocenters. The molecule has 6 nitrogen and oxygen atoms in total. The minimum absolute atomic E-state index is 0.125. The molecule has 2 aromatic rings. The van der Waals surface area contributed by atoms with Crippen molar-refractivity contribution >= 4 is 26.7 Å². The lowest BCUT2D eigenvalue weighted by molar-refractivity contribution is 0.595. The Hall–Kier alpha value is -2.02. The van der Waals surface area contributed by atoms with E-state index < -0.39 is 9.84 Å². The van der Waals surface area contributed by atoms with Gasteiger partial charge in [0.05, 0.1) is 5.75 Å². The Bertz CT molecular complexity index is 781. The van der Waals surface area contributed by atoms with Gasteiger partial charge in [-0.15, -0.1) is 0 Å². The number of hydrogen-bond donors (Lipinski definition) is 2. The van der Waals surface area contributed by atoms with Crippen molar-refractivity contribution in [1.29, 1.82) is 0 Å². The van der Waals surface area contributed by atoms with Crippen LogP contribution in [0, 0.1) is 0 Å². The number of rotatable bonds is 8. The first-order valence-electron chi connectivity index (χ1n) is 8.24. The number of aryl methyl sites for hydroxylation is 1. The number of aromatic nitrogens is 1. The summed E-state index contributed by atoms with van der Waals surface area (Å²) in [6.45, 7) is 3.72. The number of nitrogens with one attached hydrogen (secondary N) is 2. The van der Waals surface area contributed by atoms with Crippen molar-refractivity contribution < 1.29 is 8.42 Å². The summed E-state index contributed by atoms with van der Waals surface area (Å²) in [6.07, 6.45) is 3.06. The van der Waals surface area contributed by atoms with Gasteiger partial charge in [-0.1, -0.05) is 25.1 Å². The molecule has 1 aromatic carbocycles. The lowest BCUT2D eigenvalue weighted by Crippen LogP contribution is -2.40. The molecule has 0 aliphatic carbocycles. The molecule has 132 valence electrons. The van der Waals surface area contributed by atoms with Gasteiger partial charge in [-0.25, -0.2) is 8.42 Å². The zero-order valence-corrected chi connectivity index (χ0v) is 15.1. The fraction of sp³-hybridized carbons (Fsp3) is 0.471. The van der Waals surface area contributed by atoms with Crippen LogP contribution in [0.3, 0.4) is 0 Å². The van der Waals surface area contributed by atoms with E-state index in [9.17, 15) is 8.42 Å². The standard InChI is InChI=1S/C17H26N4O2S/c1-3-24(22,23)14-11-20-17(18-2)19-10-6-12-21-13-9-15-7-4-5-8-16(15)21/h4-5,7-9,13H,3,6,10-12,14H2,1-2H3,(H2,18,19,20). The van der Waals surface area contributed by atoms with Crippen molar-refractivity contribution in [2.75, 3.05) is 31.6 Å². The molecular formula is C17H26N4O2S. The first-order chi connectivity index (χ1) is 11.6. The van der Waals surface area contributed by atoms with Crippen molar-refractivity contribution in [3.8, 4) is 0 Å². The summed E-state index contributed by atoms with van der Waals surface area (Å²) >= 11 is 0. The lowest BCUT2D eigenvalue weighted by atomic mass is 10.2. The Morgan fingerprint density at radius 2 is 1.92 bits per heavy atom. The van der Waals surface area contributed by atoms with Gasteiger partial charge >= 0.3 is 0 Å². The lowest BCUT2D eigenvalue weighted by Gasteiger charge is -2.12. The molecule has 1 heterocycles. The summed E-state index contributed by atoms with van der Waals surface area (Å²) in [5, 5.41) is 7.50. The van der Waals surface area contributed by atoms with E-state index in [0.717, 1.165) is 19.5 Å². The highest BCUT2D eigenvalue weighted by molar-refractivity contribution is 7.91. The van der Waals surface area contributed by atoms with E-state index in [4.69, 9.17) is 0 Å². The highest BCUT2D eigenvalue weighted by atomic mass is 32.2. The Balaban J connectivity index is 1.72. The third-order valence-electron chi connectivity index (χ3n) is 3.92. The van der Waals surface area contributed by atoms with Gasteiger partial charge in [-0.05, 0) is 23.9 Å². The molecule has 0 aliphatic heterocycles. The molecule has 0 unspecified atom stereocenters. The van der Waals surface area contributed by atoms with Crippen LogP contribution in [-0.4, -0.2) is 50.6 Å². The molecule has 0 fully saturated rings. The number of aliphatic imine (C=N–C) groups is 1. The number of nitrogens with zero attached hydrogens (tertiary/aromatic N) is 2. The van der Waals surface area contributed by atoms with Crippen LogP contribution in [0.5, 0.6) is 0 Å². The molecule has 0 radical (unpaired) electrons. The topological polar surface area (TPSA) is 75.5 Å². The third kappa shape index (κ3) is 5.26. The van der Waals surface area contributed by atoms with Crippen molar-refractivity contribution in [3.63, 3.8) is 0 Å². The van der Waals surface area contributed by atoms with Crippen molar-refractivity contribution in [3.05, 3.63) is 36.5 Å². The van der Waals surface area contributed by atoms with Crippen LogP contribution in [0.4, 0.5) is 0 Å². The summed E-state index contributed by atoms with van der Waals surface area (Å²) in [6, 6.07) is 10.4. The summed E-state index contributed by atoms with van der Waals surface area (Å²) < 4.78 is 25.2. The summed E-state index contributed by atoms with van der Waals surface area (Å²) in [5.41, 5.74) is 1.24. The van der Waals surface area contributed by atoms with Crippen molar-refractivity contribution in [2.45, 2.75) is 19.9 Å². The molecule has 2 N–H and O–H groups in total. The van der Waals surface area contributed by atoms with E-state index in [1.54, 1.807) is 14.0 Å². The predicted molar refractivity (Wildman–Crippen MR) is 100 cm³/mol. The van der Waals surface area contributed by atoms with Gasteiger partial charge in [-0.3, -0.25) is 4.99 Å². The average molecular weight is 350 g/mol. The molecular weight excluding hydrogens is 324 g/mol. The van der Waals surface area contributed by atoms with Crippen LogP contribution in [0.25, 0.3) is 10.9 Å². The second-order valence-corrected chi connectivity index (χ2v) is 8.06. The van der Waals surface area contributed by atoms with Crippen LogP contribution >= 0.6 is 0 Å². The zero-order chi connectivity index (χ0) is 17.4. The van der Waals surface area contributed by atoms with Crippen molar-refractivity contribution in [2.24, 2.45) is 4.99 Å². The van der Waals surface area contributed by atoms with Gasteiger partial charge < -0.3 is 15.2 Å². The van der Waals surface area contributed by atoms with E-state index in [0.29, 0.717) is 12.5 Å². The highest BCUT2D eigenvalue weighted by Gasteiger charge is 2.07. The Morgan fingerprint density at radius 3 is 2.67 bits per heavy atom. The van der Waals surface area contributed by atoms with E-state index >= 15 is 0 Å². The Kier molecular flexibility index (Phi) is 6.66. The monoisotopic (exact) mass is 350 g/mol. The second kappa shape index (κ2) is 8.73. The Labute approximate surface area is 143 Å². The first-order valence-corrected chi connectivity index (χ1v) is 10.1. The summed E-state index contributed by atoms with van der Waals surface area (Å²) in [7, 11) is -1.26. The van der Waals surface area contributed by atoms with Crippen LogP contribution in [0.15, 0.2) is 41.5 Å². The number of sulfone groups is 1. The maximum absolute atomic E-state index is 11.5. The third-order valence-corrected chi connectivity index (χ3v) is 5.62. The average Bonchev–Trinajstić information content (AvgIpc) is 3.00. The zero-order valence-electron chi connectivity index (χ0n) is 14.3. The molecule has 2 rings (SSSR count). The molecule has 24 heavy (non-hydrogen) atoms. The molecule has 0 spiro atoms. The van der Waals surface area contributed by atoms with Gasteiger partial charge in [-0.2, -0.15) is 0 Å². The van der Waals surface area contributed by atoms with Crippen LogP contribution in [0.2, 0.25) is 0 Å². The number of fused-ring (bicyclic) bond motifs is 1. The predicted octanol–water partition coefficient (Wildman–Crippen LogP) is 1.63. The maximum atomic E-state index is 11.5. The molecule has 0 amide bonds. The van der Waals surface area contributed by atoms with Crippen LogP contribution in [0.1, 0.15) is 13.3 Å². The fourth-order valence-corrected chi connectivity index (χ4v) is 3.18. The van der Waals surface area contributed by atoms with Gasteiger partial charge in [0.1, 0.15) is 0 Å². The second-order valence-electron chi connectivity index (χ2n) is 5.58. The largest absolute Gasteiger partial charge is 0.356 e. The summed E-state index contributed by atoms with van der Waals surface area (Å²) in [4.78, 5) is 4.11. The first kappa shape index (κ1) is 18.3. The quantitative estimate of drug-likeness (QED) is 0.431. The van der Waals surface area contributed by atoms with Gasteiger partial charge in [0.15, 0.2) is 15.8 Å². The molecule has 0 saturated heterocycles. The normalized spacial score (nSPS) is 12.5. The number of hydrogen-bond acceptors (Lipinski definition) is 3.